The Morgan fingerprint density at radius 1 is 1.32 bits per heavy atom. The Morgan fingerprint density at radius 3 is 2.59 bits per heavy atom. The summed E-state index contributed by atoms with van der Waals surface area (Å²) in [6.07, 6.45) is 0.752. The Balaban J connectivity index is 2.50. The predicted octanol–water partition coefficient (Wildman–Crippen LogP) is 3.63. The molecule has 0 saturated heterocycles. The third-order valence-corrected chi connectivity index (χ3v) is 3.48. The van der Waals surface area contributed by atoms with Gasteiger partial charge in [0.1, 0.15) is 11.4 Å². The maximum Gasteiger partial charge on any atom is 0.229 e. The Morgan fingerprint density at radius 2 is 2.00 bits per heavy atom. The number of ether oxygens (including phenoxy) is 1. The average Bonchev–Trinajstić information content (AvgIpc) is 2.88. The highest BCUT2D eigenvalue weighted by molar-refractivity contribution is 5.98. The van der Waals surface area contributed by atoms with Crippen LogP contribution in [0.2, 0.25) is 0 Å². The lowest BCUT2D eigenvalue weighted by Crippen LogP contribution is -2.28. The number of nitrogens with zero attached hydrogens (tertiary/aromatic N) is 1. The van der Waals surface area contributed by atoms with Gasteiger partial charge in [0.2, 0.25) is 5.91 Å². The van der Waals surface area contributed by atoms with Crippen molar-refractivity contribution < 1.29 is 9.53 Å². The van der Waals surface area contributed by atoms with E-state index in [1.54, 1.807) is 7.11 Å². The van der Waals surface area contributed by atoms with Crippen LogP contribution in [0.3, 0.4) is 0 Å². The second-order valence-electron chi connectivity index (χ2n) is 6.18. The number of anilines is 1. The van der Waals surface area contributed by atoms with Crippen molar-refractivity contribution in [3.63, 3.8) is 0 Å². The maximum absolute atomic E-state index is 12.4. The molecule has 0 aliphatic heterocycles. The lowest BCUT2D eigenvalue weighted by molar-refractivity contribution is -0.123. The van der Waals surface area contributed by atoms with Gasteiger partial charge in [-0.05, 0) is 18.6 Å². The number of rotatable bonds is 4. The van der Waals surface area contributed by atoms with Crippen molar-refractivity contribution in [1.29, 1.82) is 0 Å². The number of hydrogen-bond acceptors (Lipinski definition) is 3. The Labute approximate surface area is 131 Å². The SMILES string of the molecule is CCc1[nH]nc(-c2ccccc2OC)c1NC(=O)C(C)(C)C. The van der Waals surface area contributed by atoms with Gasteiger partial charge in [0.05, 0.1) is 18.5 Å². The van der Waals surface area contributed by atoms with Crippen LogP contribution >= 0.6 is 0 Å². The number of hydrogen-bond donors (Lipinski definition) is 2. The molecule has 22 heavy (non-hydrogen) atoms. The lowest BCUT2D eigenvalue weighted by atomic mass is 9.95. The number of aryl methyl sites for hydroxylation is 1. The minimum absolute atomic E-state index is 0.0419. The molecule has 1 aromatic carbocycles. The molecule has 0 spiro atoms. The van der Waals surface area contributed by atoms with E-state index in [0.29, 0.717) is 5.69 Å². The largest absolute Gasteiger partial charge is 0.496 e. The molecule has 0 saturated carbocycles. The van der Waals surface area contributed by atoms with Crippen LogP contribution in [0.4, 0.5) is 5.69 Å². The first kappa shape index (κ1) is 16.1. The van der Waals surface area contributed by atoms with Crippen molar-refractivity contribution in [1.82, 2.24) is 10.2 Å². The molecular weight excluding hydrogens is 278 g/mol. The number of aromatic amines is 1. The van der Waals surface area contributed by atoms with Crippen LogP contribution in [-0.4, -0.2) is 23.2 Å². The molecule has 2 aromatic rings. The van der Waals surface area contributed by atoms with E-state index >= 15 is 0 Å². The molecule has 5 heteroatoms. The van der Waals surface area contributed by atoms with Crippen LogP contribution in [-0.2, 0) is 11.2 Å². The topological polar surface area (TPSA) is 67.0 Å². The first-order chi connectivity index (χ1) is 10.4. The summed E-state index contributed by atoms with van der Waals surface area (Å²) in [7, 11) is 1.62. The molecule has 5 nitrogen and oxygen atoms in total. The zero-order chi connectivity index (χ0) is 16.3. The fraction of sp³-hybridized carbons (Fsp3) is 0.412. The molecule has 0 aliphatic carbocycles. The van der Waals surface area contributed by atoms with E-state index < -0.39 is 5.41 Å². The molecule has 0 bridgehead atoms. The number of carbonyl (C=O) groups is 1. The minimum atomic E-state index is -0.472. The number of nitrogens with one attached hydrogen (secondary N) is 2. The van der Waals surface area contributed by atoms with Crippen LogP contribution in [0.5, 0.6) is 5.75 Å². The second-order valence-corrected chi connectivity index (χ2v) is 6.18. The minimum Gasteiger partial charge on any atom is -0.496 e. The van der Waals surface area contributed by atoms with Gasteiger partial charge >= 0.3 is 0 Å². The number of benzene rings is 1. The molecule has 1 heterocycles. The summed E-state index contributed by atoms with van der Waals surface area (Å²) in [5.41, 5.74) is 2.71. The van der Waals surface area contributed by atoms with Crippen LogP contribution in [0, 0.1) is 5.41 Å². The highest BCUT2D eigenvalue weighted by atomic mass is 16.5. The molecule has 118 valence electrons. The zero-order valence-electron chi connectivity index (χ0n) is 13.8. The lowest BCUT2D eigenvalue weighted by Gasteiger charge is -2.18. The molecule has 0 radical (unpaired) electrons. The van der Waals surface area contributed by atoms with E-state index in [4.69, 9.17) is 4.74 Å². The quantitative estimate of drug-likeness (QED) is 0.906. The number of methoxy groups -OCH3 is 1. The van der Waals surface area contributed by atoms with Gasteiger partial charge in [-0.1, -0.05) is 39.8 Å². The van der Waals surface area contributed by atoms with E-state index in [-0.39, 0.29) is 5.91 Å². The van der Waals surface area contributed by atoms with Crippen LogP contribution in [0.15, 0.2) is 24.3 Å². The summed E-state index contributed by atoms with van der Waals surface area (Å²) >= 11 is 0. The van der Waals surface area contributed by atoms with Crippen molar-refractivity contribution in [2.24, 2.45) is 5.41 Å². The standard InChI is InChI=1S/C17H23N3O2/c1-6-12-15(18-16(21)17(2,3)4)14(20-19-12)11-9-7-8-10-13(11)22-5/h7-10H,6H2,1-5H3,(H,18,21)(H,19,20). The summed E-state index contributed by atoms with van der Waals surface area (Å²) in [5.74, 6) is 0.683. The van der Waals surface area contributed by atoms with Gasteiger partial charge in [-0.15, -0.1) is 0 Å². The number of carbonyl (C=O) groups excluding carboxylic acids is 1. The smallest absolute Gasteiger partial charge is 0.229 e. The predicted molar refractivity (Wildman–Crippen MR) is 88.0 cm³/mol. The summed E-state index contributed by atoms with van der Waals surface area (Å²) in [6, 6.07) is 7.64. The van der Waals surface area contributed by atoms with Crippen molar-refractivity contribution in [2.45, 2.75) is 34.1 Å². The van der Waals surface area contributed by atoms with Crippen molar-refractivity contribution in [2.75, 3.05) is 12.4 Å². The number of para-hydroxylation sites is 1. The van der Waals surface area contributed by atoms with Gasteiger partial charge in [0.25, 0.3) is 0 Å². The molecule has 0 atom stereocenters. The molecule has 0 fully saturated rings. The number of amides is 1. The van der Waals surface area contributed by atoms with Gasteiger partial charge in [-0.25, -0.2) is 0 Å². The maximum atomic E-state index is 12.4. The third kappa shape index (κ3) is 3.13. The third-order valence-electron chi connectivity index (χ3n) is 3.48. The van der Waals surface area contributed by atoms with Gasteiger partial charge < -0.3 is 10.1 Å². The van der Waals surface area contributed by atoms with Gasteiger partial charge in [-0.2, -0.15) is 5.10 Å². The molecule has 0 aliphatic rings. The Kier molecular flexibility index (Phi) is 4.54. The van der Waals surface area contributed by atoms with E-state index in [1.807, 2.05) is 52.0 Å². The highest BCUT2D eigenvalue weighted by Crippen LogP contribution is 2.35. The van der Waals surface area contributed by atoms with E-state index in [2.05, 4.69) is 15.5 Å². The fourth-order valence-corrected chi connectivity index (χ4v) is 2.10. The monoisotopic (exact) mass is 301 g/mol. The molecule has 2 rings (SSSR count). The van der Waals surface area contributed by atoms with E-state index in [0.717, 1.165) is 29.1 Å². The second kappa shape index (κ2) is 6.22. The first-order valence-corrected chi connectivity index (χ1v) is 7.40. The zero-order valence-corrected chi connectivity index (χ0v) is 13.8. The number of H-pyrrole nitrogens is 1. The highest BCUT2D eigenvalue weighted by Gasteiger charge is 2.25. The first-order valence-electron chi connectivity index (χ1n) is 7.40. The van der Waals surface area contributed by atoms with E-state index in [9.17, 15) is 4.79 Å². The van der Waals surface area contributed by atoms with Crippen molar-refractivity contribution >= 4 is 11.6 Å². The van der Waals surface area contributed by atoms with Crippen molar-refractivity contribution in [3.05, 3.63) is 30.0 Å². The van der Waals surface area contributed by atoms with E-state index in [1.165, 1.54) is 0 Å². The summed E-state index contributed by atoms with van der Waals surface area (Å²) in [6.45, 7) is 7.68. The number of aromatic nitrogens is 2. The van der Waals surface area contributed by atoms with Gasteiger partial charge in [0, 0.05) is 11.0 Å². The van der Waals surface area contributed by atoms with Crippen LogP contribution < -0.4 is 10.1 Å². The Bertz CT molecular complexity index is 669. The molecule has 1 aromatic heterocycles. The summed E-state index contributed by atoms with van der Waals surface area (Å²) in [4.78, 5) is 12.4. The van der Waals surface area contributed by atoms with Crippen LogP contribution in [0.25, 0.3) is 11.3 Å². The van der Waals surface area contributed by atoms with Crippen molar-refractivity contribution in [3.8, 4) is 17.0 Å². The van der Waals surface area contributed by atoms with Gasteiger partial charge in [0.15, 0.2) is 0 Å². The summed E-state index contributed by atoms with van der Waals surface area (Å²) < 4.78 is 5.40. The fourth-order valence-electron chi connectivity index (χ4n) is 2.10. The normalized spacial score (nSPS) is 11.3. The Hall–Kier alpha value is -2.30. The average molecular weight is 301 g/mol. The molecule has 0 unspecified atom stereocenters. The van der Waals surface area contributed by atoms with Crippen LogP contribution in [0.1, 0.15) is 33.4 Å². The molecule has 2 N–H and O–H groups in total. The summed E-state index contributed by atoms with van der Waals surface area (Å²) in [5, 5.41) is 10.4. The molecule has 1 amide bonds. The van der Waals surface area contributed by atoms with Gasteiger partial charge in [-0.3, -0.25) is 9.89 Å². The molecular formula is C17H23N3O2.